The van der Waals surface area contributed by atoms with Crippen molar-refractivity contribution in [3.8, 4) is 5.75 Å². The number of aromatic hydroxyl groups is 1. The third-order valence-electron chi connectivity index (χ3n) is 2.56. The second-order valence-corrected chi connectivity index (χ2v) is 3.87. The Morgan fingerprint density at radius 2 is 2.11 bits per heavy atom. The zero-order chi connectivity index (χ0) is 13.0. The monoisotopic (exact) mass is 242 g/mol. The lowest BCUT2D eigenvalue weighted by Crippen LogP contribution is -1.93. The first-order chi connectivity index (χ1) is 8.69. The maximum Gasteiger partial charge on any atom is 0.185 e. The van der Waals surface area contributed by atoms with Crippen LogP contribution in [-0.4, -0.2) is 20.7 Å². The van der Waals surface area contributed by atoms with Crippen LogP contribution in [0.1, 0.15) is 22.8 Å². The van der Waals surface area contributed by atoms with Crippen LogP contribution in [-0.2, 0) is 6.54 Å². The number of aryl methyl sites for hydroxylation is 1. The van der Waals surface area contributed by atoms with Gasteiger partial charge < -0.3 is 5.11 Å². The van der Waals surface area contributed by atoms with E-state index in [4.69, 9.17) is 5.11 Å². The molecule has 2 aromatic rings. The Bertz CT molecular complexity index is 568. The summed E-state index contributed by atoms with van der Waals surface area (Å²) < 4.78 is 1.80. The van der Waals surface area contributed by atoms with Crippen LogP contribution in [0.5, 0.6) is 5.75 Å². The highest BCUT2D eigenvalue weighted by atomic mass is 16.3. The van der Waals surface area contributed by atoms with Crippen molar-refractivity contribution in [3.63, 3.8) is 0 Å². The number of carbonyl (C=O) groups is 1. The van der Waals surface area contributed by atoms with Gasteiger partial charge in [-0.1, -0.05) is 0 Å². The van der Waals surface area contributed by atoms with Gasteiger partial charge in [-0.25, -0.2) is 0 Å². The van der Waals surface area contributed by atoms with E-state index >= 15 is 0 Å². The van der Waals surface area contributed by atoms with Crippen LogP contribution in [0, 0.1) is 0 Å². The van der Waals surface area contributed by atoms with Crippen LogP contribution in [0.15, 0.2) is 42.7 Å². The van der Waals surface area contributed by atoms with Crippen LogP contribution < -0.4 is 0 Å². The summed E-state index contributed by atoms with van der Waals surface area (Å²) in [7, 11) is 0. The molecule has 0 atom stereocenters. The molecule has 0 bridgehead atoms. The summed E-state index contributed by atoms with van der Waals surface area (Å²) in [6, 6.07) is 6.18. The Morgan fingerprint density at radius 1 is 1.39 bits per heavy atom. The highest BCUT2D eigenvalue weighted by Crippen LogP contribution is 2.11. The lowest BCUT2D eigenvalue weighted by molar-refractivity contribution is 0.104. The Hall–Kier alpha value is -2.36. The molecule has 0 aliphatic rings. The number of phenolic OH excluding ortho intramolecular Hbond substituents is 1. The maximum atomic E-state index is 11.8. The van der Waals surface area contributed by atoms with Crippen LogP contribution in [0.25, 0.3) is 6.08 Å². The molecule has 0 aliphatic heterocycles. The zero-order valence-corrected chi connectivity index (χ0v) is 10.1. The second-order valence-electron chi connectivity index (χ2n) is 3.87. The standard InChI is InChI=1S/C14H14N2O2/c1-2-16-10-11(9-15-16)3-8-14(18)12-4-6-13(17)7-5-12/h3-10,17H,2H2,1H3/b8-3+. The van der Waals surface area contributed by atoms with Crippen LogP contribution in [0.2, 0.25) is 0 Å². The van der Waals surface area contributed by atoms with E-state index in [1.807, 2.05) is 13.1 Å². The highest BCUT2D eigenvalue weighted by molar-refractivity contribution is 6.06. The van der Waals surface area contributed by atoms with Gasteiger partial charge in [0.25, 0.3) is 0 Å². The number of benzene rings is 1. The molecule has 0 saturated carbocycles. The Kier molecular flexibility index (Phi) is 3.57. The molecule has 0 amide bonds. The molecular weight excluding hydrogens is 228 g/mol. The molecule has 1 N–H and O–H groups in total. The molecule has 0 radical (unpaired) electrons. The van der Waals surface area contributed by atoms with E-state index < -0.39 is 0 Å². The largest absolute Gasteiger partial charge is 0.508 e. The molecule has 4 nitrogen and oxygen atoms in total. The molecule has 4 heteroatoms. The average molecular weight is 242 g/mol. The summed E-state index contributed by atoms with van der Waals surface area (Å²) in [5, 5.41) is 13.3. The minimum absolute atomic E-state index is 0.0979. The number of aromatic nitrogens is 2. The lowest BCUT2D eigenvalue weighted by atomic mass is 10.1. The number of hydrogen-bond donors (Lipinski definition) is 1. The van der Waals surface area contributed by atoms with Crippen molar-refractivity contribution in [1.29, 1.82) is 0 Å². The fraction of sp³-hybridized carbons (Fsp3) is 0.143. The first-order valence-corrected chi connectivity index (χ1v) is 5.73. The lowest BCUT2D eigenvalue weighted by Gasteiger charge is -1.95. The third kappa shape index (κ3) is 2.85. The van der Waals surface area contributed by atoms with Crippen molar-refractivity contribution < 1.29 is 9.90 Å². The summed E-state index contributed by atoms with van der Waals surface area (Å²) in [4.78, 5) is 11.8. The van der Waals surface area contributed by atoms with Gasteiger partial charge >= 0.3 is 0 Å². The van der Waals surface area contributed by atoms with Gasteiger partial charge in [0.1, 0.15) is 5.75 Å². The number of ketones is 1. The molecule has 18 heavy (non-hydrogen) atoms. The summed E-state index contributed by atoms with van der Waals surface area (Å²) in [6.45, 7) is 2.81. The number of carbonyl (C=O) groups excluding carboxylic acids is 1. The van der Waals surface area contributed by atoms with Crippen LogP contribution in [0.3, 0.4) is 0 Å². The van der Waals surface area contributed by atoms with E-state index in [0.717, 1.165) is 12.1 Å². The average Bonchev–Trinajstić information content (AvgIpc) is 2.85. The predicted octanol–water partition coefficient (Wildman–Crippen LogP) is 2.50. The maximum absolute atomic E-state index is 11.8. The molecule has 0 fully saturated rings. The Morgan fingerprint density at radius 3 is 2.72 bits per heavy atom. The molecule has 1 aromatic heterocycles. The van der Waals surface area contributed by atoms with Gasteiger partial charge in [0, 0.05) is 23.9 Å². The van der Waals surface area contributed by atoms with Crippen molar-refractivity contribution >= 4 is 11.9 Å². The quantitative estimate of drug-likeness (QED) is 0.662. The summed E-state index contributed by atoms with van der Waals surface area (Å²) >= 11 is 0. The van der Waals surface area contributed by atoms with E-state index in [0.29, 0.717) is 5.56 Å². The van der Waals surface area contributed by atoms with Gasteiger partial charge in [-0.2, -0.15) is 5.10 Å². The number of nitrogens with zero attached hydrogens (tertiary/aromatic N) is 2. The zero-order valence-electron chi connectivity index (χ0n) is 10.1. The van der Waals surface area contributed by atoms with Gasteiger partial charge in [-0.15, -0.1) is 0 Å². The molecule has 1 aromatic carbocycles. The number of phenols is 1. The molecule has 1 heterocycles. The number of rotatable bonds is 4. The fourth-order valence-corrected chi connectivity index (χ4v) is 1.53. The van der Waals surface area contributed by atoms with Gasteiger partial charge in [0.15, 0.2) is 5.78 Å². The molecule has 0 aliphatic carbocycles. The molecule has 0 unspecified atom stereocenters. The third-order valence-corrected chi connectivity index (χ3v) is 2.56. The van der Waals surface area contributed by atoms with Crippen molar-refractivity contribution in [3.05, 3.63) is 53.9 Å². The first kappa shape index (κ1) is 12.1. The van der Waals surface area contributed by atoms with E-state index in [1.165, 1.54) is 18.2 Å². The smallest absolute Gasteiger partial charge is 0.185 e. The molecule has 92 valence electrons. The van der Waals surface area contributed by atoms with Crippen molar-refractivity contribution in [2.75, 3.05) is 0 Å². The van der Waals surface area contributed by atoms with Gasteiger partial charge in [-0.05, 0) is 43.3 Å². The Balaban J connectivity index is 2.09. The van der Waals surface area contributed by atoms with Gasteiger partial charge in [0.05, 0.1) is 6.20 Å². The number of allylic oxidation sites excluding steroid dienone is 1. The Labute approximate surface area is 105 Å². The SMILES string of the molecule is CCn1cc(/C=C/C(=O)c2ccc(O)cc2)cn1. The van der Waals surface area contributed by atoms with E-state index in [9.17, 15) is 4.79 Å². The minimum atomic E-state index is -0.0979. The predicted molar refractivity (Wildman–Crippen MR) is 69.4 cm³/mol. The van der Waals surface area contributed by atoms with Gasteiger partial charge in [-0.3, -0.25) is 9.48 Å². The fourth-order valence-electron chi connectivity index (χ4n) is 1.53. The molecule has 0 saturated heterocycles. The topological polar surface area (TPSA) is 55.1 Å². The van der Waals surface area contributed by atoms with Crippen LogP contribution in [0.4, 0.5) is 0 Å². The number of hydrogen-bond acceptors (Lipinski definition) is 3. The first-order valence-electron chi connectivity index (χ1n) is 5.73. The van der Waals surface area contributed by atoms with Crippen molar-refractivity contribution in [1.82, 2.24) is 9.78 Å². The minimum Gasteiger partial charge on any atom is -0.508 e. The van der Waals surface area contributed by atoms with Gasteiger partial charge in [0.2, 0.25) is 0 Å². The van der Waals surface area contributed by atoms with E-state index in [-0.39, 0.29) is 11.5 Å². The molecule has 2 rings (SSSR count). The van der Waals surface area contributed by atoms with E-state index in [1.54, 1.807) is 29.1 Å². The summed E-state index contributed by atoms with van der Waals surface area (Å²) in [5.74, 6) is 0.0546. The van der Waals surface area contributed by atoms with Crippen molar-refractivity contribution in [2.24, 2.45) is 0 Å². The summed E-state index contributed by atoms with van der Waals surface area (Å²) in [5.41, 5.74) is 1.44. The highest BCUT2D eigenvalue weighted by Gasteiger charge is 2.01. The van der Waals surface area contributed by atoms with Crippen molar-refractivity contribution in [2.45, 2.75) is 13.5 Å². The normalized spacial score (nSPS) is 10.9. The second kappa shape index (κ2) is 5.31. The summed E-state index contributed by atoms with van der Waals surface area (Å²) in [6.07, 6.45) is 6.82. The van der Waals surface area contributed by atoms with E-state index in [2.05, 4.69) is 5.10 Å². The molecule has 0 spiro atoms. The molecular formula is C14H14N2O2. The van der Waals surface area contributed by atoms with Crippen LogP contribution >= 0.6 is 0 Å².